The van der Waals surface area contributed by atoms with Crippen molar-refractivity contribution in [2.45, 2.75) is 13.5 Å². The minimum atomic E-state index is -0.0989. The lowest BCUT2D eigenvalue weighted by molar-refractivity contribution is 0.195. The fraction of sp³-hybridized carbons (Fsp3) is 0.278. The Hall–Kier alpha value is -2.49. The van der Waals surface area contributed by atoms with E-state index in [0.29, 0.717) is 19.7 Å². The molecule has 4 nitrogen and oxygen atoms in total. The number of benzene rings is 2. The van der Waals surface area contributed by atoms with Crippen LogP contribution in [0.1, 0.15) is 11.1 Å². The van der Waals surface area contributed by atoms with Crippen LogP contribution in [0.3, 0.4) is 0 Å². The summed E-state index contributed by atoms with van der Waals surface area (Å²) in [4.78, 5) is 13.6. The number of hydrogen-bond acceptors (Lipinski definition) is 2. The van der Waals surface area contributed by atoms with E-state index < -0.39 is 0 Å². The van der Waals surface area contributed by atoms with E-state index in [1.165, 1.54) is 5.56 Å². The molecule has 116 valence electrons. The molecule has 2 amide bonds. The molecule has 0 aromatic heterocycles. The first-order chi connectivity index (χ1) is 10.6. The molecule has 0 aliphatic heterocycles. The first kappa shape index (κ1) is 15.9. The number of hydrogen-bond donors (Lipinski definition) is 1. The topological polar surface area (TPSA) is 41.6 Å². The Morgan fingerprint density at radius 2 is 1.91 bits per heavy atom. The Labute approximate surface area is 131 Å². The van der Waals surface area contributed by atoms with E-state index in [1.54, 1.807) is 11.9 Å². The Morgan fingerprint density at radius 3 is 2.64 bits per heavy atom. The number of carbonyl (C=O) groups excluding carboxylic acids is 1. The van der Waals surface area contributed by atoms with Crippen molar-refractivity contribution in [3.8, 4) is 5.75 Å². The summed E-state index contributed by atoms with van der Waals surface area (Å²) in [5.41, 5.74) is 2.29. The van der Waals surface area contributed by atoms with Gasteiger partial charge in [-0.15, -0.1) is 0 Å². The van der Waals surface area contributed by atoms with Gasteiger partial charge in [0.1, 0.15) is 12.4 Å². The average molecular weight is 298 g/mol. The number of amides is 2. The summed E-state index contributed by atoms with van der Waals surface area (Å²) < 4.78 is 5.58. The smallest absolute Gasteiger partial charge is 0.317 e. The summed E-state index contributed by atoms with van der Waals surface area (Å²) in [5.74, 6) is 0.816. The van der Waals surface area contributed by atoms with Gasteiger partial charge in [-0.05, 0) is 24.6 Å². The van der Waals surface area contributed by atoms with E-state index in [-0.39, 0.29) is 6.03 Å². The van der Waals surface area contributed by atoms with Crippen LogP contribution in [-0.2, 0) is 6.54 Å². The highest BCUT2D eigenvalue weighted by Gasteiger charge is 2.07. The molecule has 0 aliphatic carbocycles. The number of likely N-dealkylation sites (N-methyl/N-ethyl adjacent to an activating group) is 1. The molecule has 0 aliphatic rings. The second kappa shape index (κ2) is 8.08. The van der Waals surface area contributed by atoms with Gasteiger partial charge < -0.3 is 15.0 Å². The summed E-state index contributed by atoms with van der Waals surface area (Å²) in [6.45, 7) is 3.58. The number of carbonyl (C=O) groups is 1. The second-order valence-electron chi connectivity index (χ2n) is 5.23. The molecular formula is C18H22N2O2. The van der Waals surface area contributed by atoms with Gasteiger partial charge in [0.25, 0.3) is 0 Å². The zero-order chi connectivity index (χ0) is 15.8. The van der Waals surface area contributed by atoms with Crippen LogP contribution in [0, 0.1) is 6.92 Å². The molecule has 0 radical (unpaired) electrons. The predicted octanol–water partition coefficient (Wildman–Crippen LogP) is 3.22. The van der Waals surface area contributed by atoms with Gasteiger partial charge in [0.2, 0.25) is 0 Å². The molecule has 1 N–H and O–H groups in total. The maximum Gasteiger partial charge on any atom is 0.317 e. The van der Waals surface area contributed by atoms with Gasteiger partial charge in [-0.1, -0.05) is 48.0 Å². The van der Waals surface area contributed by atoms with Crippen LogP contribution < -0.4 is 10.1 Å². The summed E-state index contributed by atoms with van der Waals surface area (Å²) in [7, 11) is 1.76. The van der Waals surface area contributed by atoms with Gasteiger partial charge >= 0.3 is 6.03 Å². The molecule has 0 bridgehead atoms. The third-order valence-electron chi connectivity index (χ3n) is 3.31. The quantitative estimate of drug-likeness (QED) is 0.889. The van der Waals surface area contributed by atoms with Gasteiger partial charge in [-0.25, -0.2) is 4.79 Å². The maximum atomic E-state index is 12.0. The van der Waals surface area contributed by atoms with Crippen molar-refractivity contribution in [2.75, 3.05) is 20.2 Å². The molecule has 2 aromatic carbocycles. The molecular weight excluding hydrogens is 276 g/mol. The lowest BCUT2D eigenvalue weighted by Gasteiger charge is -2.18. The van der Waals surface area contributed by atoms with Gasteiger partial charge in [0.05, 0.1) is 6.54 Å². The number of para-hydroxylation sites is 1. The van der Waals surface area contributed by atoms with E-state index in [9.17, 15) is 4.79 Å². The average Bonchev–Trinajstić information content (AvgIpc) is 2.53. The molecule has 0 saturated heterocycles. The molecule has 0 spiro atoms. The van der Waals surface area contributed by atoms with E-state index in [0.717, 1.165) is 11.3 Å². The highest BCUT2D eigenvalue weighted by molar-refractivity contribution is 5.73. The molecule has 4 heteroatoms. The largest absolute Gasteiger partial charge is 0.492 e. The minimum Gasteiger partial charge on any atom is -0.492 e. The Kier molecular flexibility index (Phi) is 5.83. The van der Waals surface area contributed by atoms with E-state index in [1.807, 2.05) is 55.5 Å². The standard InChI is InChI=1S/C18H22N2O2/c1-15-7-6-8-16(13-15)14-19-18(21)20(2)11-12-22-17-9-4-3-5-10-17/h3-10,13H,11-12,14H2,1-2H3,(H,19,21). The van der Waals surface area contributed by atoms with Crippen LogP contribution in [0.4, 0.5) is 4.79 Å². The van der Waals surface area contributed by atoms with Crippen molar-refractivity contribution >= 4 is 6.03 Å². The molecule has 0 atom stereocenters. The van der Waals surface area contributed by atoms with Crippen molar-refractivity contribution < 1.29 is 9.53 Å². The van der Waals surface area contributed by atoms with Crippen LogP contribution in [0.5, 0.6) is 5.75 Å². The number of nitrogens with zero attached hydrogens (tertiary/aromatic N) is 1. The second-order valence-corrected chi connectivity index (χ2v) is 5.23. The Morgan fingerprint density at radius 1 is 1.14 bits per heavy atom. The summed E-state index contributed by atoms with van der Waals surface area (Å²) in [5, 5.41) is 2.91. The Balaban J connectivity index is 1.70. The molecule has 22 heavy (non-hydrogen) atoms. The Bertz CT molecular complexity index is 599. The minimum absolute atomic E-state index is 0.0989. The lowest BCUT2D eigenvalue weighted by Crippen LogP contribution is -2.39. The van der Waals surface area contributed by atoms with Crippen molar-refractivity contribution in [1.29, 1.82) is 0 Å². The molecule has 0 saturated carbocycles. The number of ether oxygens (including phenoxy) is 1. The highest BCUT2D eigenvalue weighted by Crippen LogP contribution is 2.08. The van der Waals surface area contributed by atoms with Crippen LogP contribution >= 0.6 is 0 Å². The van der Waals surface area contributed by atoms with E-state index in [2.05, 4.69) is 11.4 Å². The number of aryl methyl sites for hydroxylation is 1. The fourth-order valence-electron chi connectivity index (χ4n) is 2.05. The van der Waals surface area contributed by atoms with Crippen LogP contribution in [0.2, 0.25) is 0 Å². The number of urea groups is 1. The van der Waals surface area contributed by atoms with Gasteiger partial charge in [-0.3, -0.25) is 0 Å². The number of nitrogens with one attached hydrogen (secondary N) is 1. The van der Waals surface area contributed by atoms with Crippen molar-refractivity contribution in [3.05, 3.63) is 65.7 Å². The zero-order valence-corrected chi connectivity index (χ0v) is 13.1. The highest BCUT2D eigenvalue weighted by atomic mass is 16.5. The predicted molar refractivity (Wildman–Crippen MR) is 88.0 cm³/mol. The van der Waals surface area contributed by atoms with Crippen molar-refractivity contribution in [1.82, 2.24) is 10.2 Å². The molecule has 2 rings (SSSR count). The lowest BCUT2D eigenvalue weighted by atomic mass is 10.1. The van der Waals surface area contributed by atoms with Crippen LogP contribution in [0.15, 0.2) is 54.6 Å². The molecule has 0 heterocycles. The van der Waals surface area contributed by atoms with Crippen molar-refractivity contribution in [3.63, 3.8) is 0 Å². The maximum absolute atomic E-state index is 12.0. The third-order valence-corrected chi connectivity index (χ3v) is 3.31. The van der Waals surface area contributed by atoms with Gasteiger partial charge in [0.15, 0.2) is 0 Å². The van der Waals surface area contributed by atoms with Gasteiger partial charge in [-0.2, -0.15) is 0 Å². The first-order valence-corrected chi connectivity index (χ1v) is 7.37. The third kappa shape index (κ3) is 5.13. The molecule has 2 aromatic rings. The monoisotopic (exact) mass is 298 g/mol. The summed E-state index contributed by atoms with van der Waals surface area (Å²) >= 11 is 0. The molecule has 0 fully saturated rings. The fourth-order valence-corrected chi connectivity index (χ4v) is 2.05. The summed E-state index contributed by atoms with van der Waals surface area (Å²) in [6.07, 6.45) is 0. The first-order valence-electron chi connectivity index (χ1n) is 7.37. The van der Waals surface area contributed by atoms with E-state index >= 15 is 0 Å². The van der Waals surface area contributed by atoms with Crippen LogP contribution in [-0.4, -0.2) is 31.1 Å². The van der Waals surface area contributed by atoms with E-state index in [4.69, 9.17) is 4.74 Å². The van der Waals surface area contributed by atoms with Crippen LogP contribution in [0.25, 0.3) is 0 Å². The summed E-state index contributed by atoms with van der Waals surface area (Å²) in [6, 6.07) is 17.6. The SMILES string of the molecule is Cc1cccc(CNC(=O)N(C)CCOc2ccccc2)c1. The van der Waals surface area contributed by atoms with Gasteiger partial charge in [0, 0.05) is 13.6 Å². The van der Waals surface area contributed by atoms with Crippen molar-refractivity contribution in [2.24, 2.45) is 0 Å². The zero-order valence-electron chi connectivity index (χ0n) is 13.1. The number of rotatable bonds is 6. The molecule has 0 unspecified atom stereocenters. The normalized spacial score (nSPS) is 10.1.